The fourth-order valence-electron chi connectivity index (χ4n) is 2.12. The second-order valence-electron chi connectivity index (χ2n) is 4.76. The molecule has 1 amide bonds. The monoisotopic (exact) mass is 227 g/mol. The van der Waals surface area contributed by atoms with Gasteiger partial charge in [0.25, 0.3) is 0 Å². The molecule has 5 heteroatoms. The van der Waals surface area contributed by atoms with E-state index < -0.39 is 11.4 Å². The number of carbonyl (C=O) groups excluding carboxylic acids is 1. The van der Waals surface area contributed by atoms with Crippen LogP contribution in [0, 0.1) is 5.41 Å². The average Bonchev–Trinajstić information content (AvgIpc) is 2.97. The van der Waals surface area contributed by atoms with Crippen LogP contribution in [0.2, 0.25) is 0 Å². The number of carbonyl (C=O) groups is 2. The Hall–Kier alpha value is -1.10. The zero-order chi connectivity index (χ0) is 11.8. The molecular formula is C11H17NO4. The summed E-state index contributed by atoms with van der Waals surface area (Å²) in [5, 5.41) is 11.8. The van der Waals surface area contributed by atoms with Gasteiger partial charge in [0.15, 0.2) is 0 Å². The van der Waals surface area contributed by atoms with Gasteiger partial charge in [-0.1, -0.05) is 0 Å². The standard InChI is InChI=1S/C11H17NO4/c1-7-6-8(2-5-16-7)12-9(13)11(3-4-11)10(14)15/h7-8H,2-6H2,1H3,(H,12,13)(H,14,15). The van der Waals surface area contributed by atoms with Gasteiger partial charge in [-0.25, -0.2) is 0 Å². The van der Waals surface area contributed by atoms with Crippen molar-refractivity contribution < 1.29 is 19.4 Å². The predicted octanol–water partition coefficient (Wildman–Crippen LogP) is 0.535. The molecule has 90 valence electrons. The highest BCUT2D eigenvalue weighted by molar-refractivity contribution is 6.04. The first-order chi connectivity index (χ1) is 7.54. The summed E-state index contributed by atoms with van der Waals surface area (Å²) < 4.78 is 5.37. The van der Waals surface area contributed by atoms with Gasteiger partial charge in [-0.15, -0.1) is 0 Å². The van der Waals surface area contributed by atoms with Crippen molar-refractivity contribution in [3.05, 3.63) is 0 Å². The second kappa shape index (κ2) is 4.05. The van der Waals surface area contributed by atoms with E-state index in [1.54, 1.807) is 0 Å². The lowest BCUT2D eigenvalue weighted by Gasteiger charge is -2.28. The third-order valence-corrected chi connectivity index (χ3v) is 3.41. The molecule has 0 aromatic heterocycles. The molecule has 1 aliphatic heterocycles. The van der Waals surface area contributed by atoms with Gasteiger partial charge in [-0.3, -0.25) is 9.59 Å². The molecule has 0 radical (unpaired) electrons. The third kappa shape index (κ3) is 2.04. The first kappa shape index (κ1) is 11.4. The molecule has 0 aromatic carbocycles. The molecule has 0 spiro atoms. The lowest BCUT2D eigenvalue weighted by Crippen LogP contribution is -2.46. The van der Waals surface area contributed by atoms with Crippen molar-refractivity contribution >= 4 is 11.9 Å². The highest BCUT2D eigenvalue weighted by Gasteiger charge is 2.57. The molecule has 2 unspecified atom stereocenters. The molecule has 1 saturated carbocycles. The van der Waals surface area contributed by atoms with E-state index in [2.05, 4.69) is 5.32 Å². The van der Waals surface area contributed by atoms with Gasteiger partial charge < -0.3 is 15.2 Å². The molecule has 0 bridgehead atoms. The molecule has 1 saturated heterocycles. The number of amides is 1. The van der Waals surface area contributed by atoms with Crippen molar-refractivity contribution in [2.24, 2.45) is 5.41 Å². The number of carboxylic acid groups (broad SMARTS) is 1. The summed E-state index contributed by atoms with van der Waals surface area (Å²) in [5.74, 6) is -1.32. The van der Waals surface area contributed by atoms with Crippen LogP contribution in [-0.2, 0) is 14.3 Å². The van der Waals surface area contributed by atoms with E-state index in [1.165, 1.54) is 0 Å². The molecule has 5 nitrogen and oxygen atoms in total. The lowest BCUT2D eigenvalue weighted by molar-refractivity contribution is -0.149. The maximum absolute atomic E-state index is 11.8. The summed E-state index contributed by atoms with van der Waals surface area (Å²) in [6.07, 6.45) is 2.60. The Morgan fingerprint density at radius 1 is 1.44 bits per heavy atom. The van der Waals surface area contributed by atoms with Crippen LogP contribution in [0.1, 0.15) is 32.6 Å². The summed E-state index contributed by atoms with van der Waals surface area (Å²) in [6, 6.07) is 0.0630. The number of aliphatic carboxylic acids is 1. The van der Waals surface area contributed by atoms with E-state index in [-0.39, 0.29) is 18.1 Å². The molecule has 0 aromatic rings. The number of nitrogens with one attached hydrogen (secondary N) is 1. The minimum atomic E-state index is -1.12. The Morgan fingerprint density at radius 3 is 2.62 bits per heavy atom. The minimum absolute atomic E-state index is 0.0630. The van der Waals surface area contributed by atoms with Crippen LogP contribution in [0.5, 0.6) is 0 Å². The fraction of sp³-hybridized carbons (Fsp3) is 0.818. The largest absolute Gasteiger partial charge is 0.480 e. The van der Waals surface area contributed by atoms with Gasteiger partial charge in [0.1, 0.15) is 5.41 Å². The van der Waals surface area contributed by atoms with Crippen LogP contribution >= 0.6 is 0 Å². The Kier molecular flexibility index (Phi) is 2.88. The maximum Gasteiger partial charge on any atom is 0.319 e. The van der Waals surface area contributed by atoms with Crippen LogP contribution in [0.15, 0.2) is 0 Å². The van der Waals surface area contributed by atoms with E-state index in [0.717, 1.165) is 12.8 Å². The van der Waals surface area contributed by atoms with Crippen molar-refractivity contribution in [1.82, 2.24) is 5.32 Å². The lowest BCUT2D eigenvalue weighted by atomic mass is 10.0. The number of hydrogen-bond donors (Lipinski definition) is 2. The first-order valence-electron chi connectivity index (χ1n) is 5.70. The normalized spacial score (nSPS) is 31.8. The zero-order valence-electron chi connectivity index (χ0n) is 9.36. The highest BCUT2D eigenvalue weighted by atomic mass is 16.5. The van der Waals surface area contributed by atoms with Gasteiger partial charge in [0, 0.05) is 12.6 Å². The van der Waals surface area contributed by atoms with Gasteiger partial charge >= 0.3 is 5.97 Å². The smallest absolute Gasteiger partial charge is 0.319 e. The number of rotatable bonds is 3. The summed E-state index contributed by atoms with van der Waals surface area (Å²) in [5.41, 5.74) is -1.12. The summed E-state index contributed by atoms with van der Waals surface area (Å²) in [7, 11) is 0. The molecular weight excluding hydrogens is 210 g/mol. The highest BCUT2D eigenvalue weighted by Crippen LogP contribution is 2.46. The van der Waals surface area contributed by atoms with Crippen molar-refractivity contribution in [2.45, 2.75) is 44.8 Å². The van der Waals surface area contributed by atoms with E-state index in [0.29, 0.717) is 19.4 Å². The Bertz CT molecular complexity index is 311. The topological polar surface area (TPSA) is 75.6 Å². The third-order valence-electron chi connectivity index (χ3n) is 3.41. The van der Waals surface area contributed by atoms with Gasteiger partial charge in [0.05, 0.1) is 6.10 Å². The van der Waals surface area contributed by atoms with Crippen LogP contribution in [0.3, 0.4) is 0 Å². The van der Waals surface area contributed by atoms with Gasteiger partial charge in [-0.05, 0) is 32.6 Å². The first-order valence-corrected chi connectivity index (χ1v) is 5.70. The molecule has 1 heterocycles. The molecule has 2 aliphatic rings. The molecule has 2 atom stereocenters. The van der Waals surface area contributed by atoms with Crippen molar-refractivity contribution in [1.29, 1.82) is 0 Å². The van der Waals surface area contributed by atoms with Crippen molar-refractivity contribution in [3.63, 3.8) is 0 Å². The second-order valence-corrected chi connectivity index (χ2v) is 4.76. The van der Waals surface area contributed by atoms with Crippen LogP contribution in [0.4, 0.5) is 0 Å². The fourth-order valence-corrected chi connectivity index (χ4v) is 2.12. The quantitative estimate of drug-likeness (QED) is 0.690. The van der Waals surface area contributed by atoms with E-state index in [4.69, 9.17) is 9.84 Å². The number of carboxylic acids is 1. The summed E-state index contributed by atoms with van der Waals surface area (Å²) in [4.78, 5) is 22.8. The van der Waals surface area contributed by atoms with E-state index in [1.807, 2.05) is 6.92 Å². The van der Waals surface area contributed by atoms with E-state index in [9.17, 15) is 9.59 Å². The number of ether oxygens (including phenoxy) is 1. The Labute approximate surface area is 94.2 Å². The summed E-state index contributed by atoms with van der Waals surface area (Å²) in [6.45, 7) is 2.59. The molecule has 2 rings (SSSR count). The SMILES string of the molecule is CC1CC(NC(=O)C2(C(=O)O)CC2)CCO1. The zero-order valence-corrected chi connectivity index (χ0v) is 9.36. The molecule has 16 heavy (non-hydrogen) atoms. The van der Waals surface area contributed by atoms with Gasteiger partial charge in [0.2, 0.25) is 5.91 Å². The van der Waals surface area contributed by atoms with Crippen LogP contribution < -0.4 is 5.32 Å². The number of hydrogen-bond acceptors (Lipinski definition) is 3. The summed E-state index contributed by atoms with van der Waals surface area (Å²) >= 11 is 0. The van der Waals surface area contributed by atoms with Gasteiger partial charge in [-0.2, -0.15) is 0 Å². The maximum atomic E-state index is 11.8. The van der Waals surface area contributed by atoms with Crippen molar-refractivity contribution in [2.75, 3.05) is 6.61 Å². The Morgan fingerprint density at radius 2 is 2.12 bits per heavy atom. The molecule has 1 aliphatic carbocycles. The molecule has 2 N–H and O–H groups in total. The van der Waals surface area contributed by atoms with E-state index >= 15 is 0 Å². The predicted molar refractivity (Wildman–Crippen MR) is 55.9 cm³/mol. The van der Waals surface area contributed by atoms with Crippen molar-refractivity contribution in [3.8, 4) is 0 Å². The van der Waals surface area contributed by atoms with Crippen LogP contribution in [0.25, 0.3) is 0 Å². The Balaban J connectivity index is 1.90. The minimum Gasteiger partial charge on any atom is -0.480 e. The average molecular weight is 227 g/mol. The molecule has 2 fully saturated rings. The van der Waals surface area contributed by atoms with Crippen LogP contribution in [-0.4, -0.2) is 35.7 Å².